The van der Waals surface area contributed by atoms with Crippen LogP contribution in [0.2, 0.25) is 0 Å². The van der Waals surface area contributed by atoms with Crippen LogP contribution in [0, 0.1) is 0 Å². The number of hydrogen-bond acceptors (Lipinski definition) is 3. The van der Waals surface area contributed by atoms with E-state index in [0.717, 1.165) is 6.54 Å². The average Bonchev–Trinajstić information content (AvgIpc) is 2.53. The molecule has 3 heteroatoms. The first-order valence-electron chi connectivity index (χ1n) is 4.44. The number of hydrogen-bond donors (Lipinski definition) is 1. The van der Waals surface area contributed by atoms with Crippen molar-refractivity contribution in [1.29, 1.82) is 0 Å². The monoisotopic (exact) mass is 184 g/mol. The molecule has 0 fully saturated rings. The maximum Gasteiger partial charge on any atom is 0.106 e. The van der Waals surface area contributed by atoms with Gasteiger partial charge < -0.3 is 5.32 Å². The van der Waals surface area contributed by atoms with Gasteiger partial charge in [0.1, 0.15) is 5.01 Å². The zero-order chi connectivity index (χ0) is 8.81. The minimum atomic E-state index is 0.610. The predicted molar refractivity (Wildman–Crippen MR) is 53.3 cm³/mol. The van der Waals surface area contributed by atoms with E-state index in [4.69, 9.17) is 0 Å². The van der Waals surface area contributed by atoms with Gasteiger partial charge >= 0.3 is 0 Å². The number of rotatable bonds is 5. The van der Waals surface area contributed by atoms with Crippen molar-refractivity contribution in [2.75, 3.05) is 0 Å². The second kappa shape index (κ2) is 5.27. The molecule has 0 aliphatic heterocycles. The summed E-state index contributed by atoms with van der Waals surface area (Å²) in [4.78, 5) is 4.20. The normalized spacial score (nSPS) is 13.2. The molecule has 0 amide bonds. The summed E-state index contributed by atoms with van der Waals surface area (Å²) in [6.45, 7) is 5.34. The Morgan fingerprint density at radius 1 is 1.67 bits per heavy atom. The Kier molecular flexibility index (Phi) is 4.25. The van der Waals surface area contributed by atoms with E-state index in [9.17, 15) is 0 Å². The van der Waals surface area contributed by atoms with Crippen LogP contribution in [0.25, 0.3) is 0 Å². The number of nitrogens with one attached hydrogen (secondary N) is 1. The van der Waals surface area contributed by atoms with Gasteiger partial charge in [-0.1, -0.05) is 13.3 Å². The van der Waals surface area contributed by atoms with Gasteiger partial charge in [0, 0.05) is 24.2 Å². The molecule has 1 atom stereocenters. The van der Waals surface area contributed by atoms with Gasteiger partial charge in [-0.2, -0.15) is 0 Å². The first kappa shape index (κ1) is 9.68. The summed E-state index contributed by atoms with van der Waals surface area (Å²) in [5.41, 5.74) is 0. The van der Waals surface area contributed by atoms with E-state index in [1.54, 1.807) is 11.3 Å². The zero-order valence-electron chi connectivity index (χ0n) is 7.71. The van der Waals surface area contributed by atoms with Gasteiger partial charge in [0.25, 0.3) is 0 Å². The molecule has 1 rings (SSSR count). The summed E-state index contributed by atoms with van der Waals surface area (Å²) in [5, 5.41) is 6.63. The summed E-state index contributed by atoms with van der Waals surface area (Å²) in [7, 11) is 0. The molecule has 0 radical (unpaired) electrons. The van der Waals surface area contributed by atoms with Crippen LogP contribution < -0.4 is 5.32 Å². The summed E-state index contributed by atoms with van der Waals surface area (Å²) >= 11 is 1.71. The molecule has 0 aliphatic carbocycles. The van der Waals surface area contributed by atoms with E-state index in [0.29, 0.717) is 6.04 Å². The van der Waals surface area contributed by atoms with Gasteiger partial charge in [-0.05, 0) is 13.3 Å². The summed E-state index contributed by atoms with van der Waals surface area (Å²) in [5.74, 6) is 0. The van der Waals surface area contributed by atoms with Crippen LogP contribution in [0.15, 0.2) is 11.6 Å². The Hall–Kier alpha value is -0.410. The zero-order valence-corrected chi connectivity index (χ0v) is 8.53. The van der Waals surface area contributed by atoms with Crippen LogP contribution in [0.4, 0.5) is 0 Å². The van der Waals surface area contributed by atoms with Crippen molar-refractivity contribution in [3.8, 4) is 0 Å². The summed E-state index contributed by atoms with van der Waals surface area (Å²) in [6, 6.07) is 0.610. The van der Waals surface area contributed by atoms with Crippen LogP contribution in [0.1, 0.15) is 31.7 Å². The van der Waals surface area contributed by atoms with Crippen molar-refractivity contribution in [2.24, 2.45) is 0 Å². The smallest absolute Gasteiger partial charge is 0.106 e. The maximum atomic E-state index is 4.20. The highest BCUT2D eigenvalue weighted by molar-refractivity contribution is 7.09. The van der Waals surface area contributed by atoms with Crippen LogP contribution in [0.3, 0.4) is 0 Å². The van der Waals surface area contributed by atoms with E-state index in [2.05, 4.69) is 24.1 Å². The lowest BCUT2D eigenvalue weighted by Crippen LogP contribution is -2.24. The Morgan fingerprint density at radius 3 is 3.08 bits per heavy atom. The lowest BCUT2D eigenvalue weighted by Gasteiger charge is -2.10. The van der Waals surface area contributed by atoms with Crippen LogP contribution in [-0.4, -0.2) is 11.0 Å². The molecule has 0 spiro atoms. The third kappa shape index (κ3) is 3.32. The molecular formula is C9H16N2S. The van der Waals surface area contributed by atoms with Crippen molar-refractivity contribution >= 4 is 11.3 Å². The highest BCUT2D eigenvalue weighted by atomic mass is 32.1. The maximum absolute atomic E-state index is 4.20. The molecule has 68 valence electrons. The minimum absolute atomic E-state index is 0.610. The molecule has 0 saturated heterocycles. The second-order valence-electron chi connectivity index (χ2n) is 3.00. The van der Waals surface area contributed by atoms with E-state index < -0.39 is 0 Å². The summed E-state index contributed by atoms with van der Waals surface area (Å²) < 4.78 is 0. The van der Waals surface area contributed by atoms with Crippen molar-refractivity contribution in [2.45, 2.75) is 39.3 Å². The van der Waals surface area contributed by atoms with Crippen LogP contribution >= 0.6 is 11.3 Å². The predicted octanol–water partition coefficient (Wildman–Crippen LogP) is 2.42. The van der Waals surface area contributed by atoms with Gasteiger partial charge in [-0.3, -0.25) is 0 Å². The van der Waals surface area contributed by atoms with Crippen LogP contribution in [0.5, 0.6) is 0 Å². The number of thiazole rings is 1. The Balaban J connectivity index is 2.17. The van der Waals surface area contributed by atoms with Gasteiger partial charge in [0.2, 0.25) is 0 Å². The molecule has 1 aromatic rings. The molecule has 1 N–H and O–H groups in total. The van der Waals surface area contributed by atoms with Crippen molar-refractivity contribution < 1.29 is 0 Å². The molecule has 12 heavy (non-hydrogen) atoms. The molecule has 1 unspecified atom stereocenters. The minimum Gasteiger partial charge on any atom is -0.308 e. The second-order valence-corrected chi connectivity index (χ2v) is 3.98. The lowest BCUT2D eigenvalue weighted by molar-refractivity contribution is 0.507. The highest BCUT2D eigenvalue weighted by Crippen LogP contribution is 2.04. The molecule has 0 aromatic carbocycles. The van der Waals surface area contributed by atoms with E-state index in [-0.39, 0.29) is 0 Å². The van der Waals surface area contributed by atoms with Gasteiger partial charge in [0.05, 0.1) is 0 Å². The summed E-state index contributed by atoms with van der Waals surface area (Å²) in [6.07, 6.45) is 4.34. The molecule has 2 nitrogen and oxygen atoms in total. The van der Waals surface area contributed by atoms with Gasteiger partial charge in [-0.15, -0.1) is 11.3 Å². The fraction of sp³-hybridized carbons (Fsp3) is 0.667. The molecular weight excluding hydrogens is 168 g/mol. The van der Waals surface area contributed by atoms with Gasteiger partial charge in [-0.25, -0.2) is 4.98 Å². The lowest BCUT2D eigenvalue weighted by atomic mass is 10.2. The Bertz CT molecular complexity index is 196. The Morgan fingerprint density at radius 2 is 2.50 bits per heavy atom. The number of nitrogens with zero attached hydrogens (tertiary/aromatic N) is 1. The van der Waals surface area contributed by atoms with Crippen molar-refractivity contribution in [1.82, 2.24) is 10.3 Å². The van der Waals surface area contributed by atoms with E-state index in [1.807, 2.05) is 11.6 Å². The third-order valence-electron chi connectivity index (χ3n) is 1.81. The molecule has 1 aromatic heterocycles. The fourth-order valence-electron chi connectivity index (χ4n) is 1.14. The van der Waals surface area contributed by atoms with E-state index in [1.165, 1.54) is 17.8 Å². The molecule has 0 bridgehead atoms. The Labute approximate surface area is 78.0 Å². The van der Waals surface area contributed by atoms with Crippen molar-refractivity contribution in [3.63, 3.8) is 0 Å². The average molecular weight is 184 g/mol. The third-order valence-corrected chi connectivity index (χ3v) is 2.59. The van der Waals surface area contributed by atoms with Gasteiger partial charge in [0.15, 0.2) is 0 Å². The fourth-order valence-corrected chi connectivity index (χ4v) is 1.70. The van der Waals surface area contributed by atoms with Crippen molar-refractivity contribution in [3.05, 3.63) is 16.6 Å². The topological polar surface area (TPSA) is 24.9 Å². The first-order chi connectivity index (χ1) is 5.83. The van der Waals surface area contributed by atoms with Crippen LogP contribution in [-0.2, 0) is 6.54 Å². The molecule has 0 aliphatic rings. The highest BCUT2D eigenvalue weighted by Gasteiger charge is 2.00. The number of aromatic nitrogens is 1. The standard InChI is InChI=1S/C9H16N2S/c1-3-4-8(2)11-7-9-10-5-6-12-9/h5-6,8,11H,3-4,7H2,1-2H3. The molecule has 1 heterocycles. The molecule has 0 saturated carbocycles. The SMILES string of the molecule is CCCC(C)NCc1nccs1. The quantitative estimate of drug-likeness (QED) is 0.760. The largest absolute Gasteiger partial charge is 0.308 e. The van der Waals surface area contributed by atoms with E-state index >= 15 is 0 Å². The first-order valence-corrected chi connectivity index (χ1v) is 5.32.